The van der Waals surface area contributed by atoms with Crippen molar-refractivity contribution in [3.05, 3.63) is 30.3 Å². The van der Waals surface area contributed by atoms with E-state index in [1.54, 1.807) is 18.2 Å². The molecular formula is C14H17F3N2S. The molecule has 1 aromatic carbocycles. The first-order chi connectivity index (χ1) is 9.48. The molecule has 0 amide bonds. The minimum atomic E-state index is -4.53. The van der Waals surface area contributed by atoms with Crippen molar-refractivity contribution >= 4 is 23.0 Å². The zero-order valence-electron chi connectivity index (χ0n) is 11.0. The number of para-hydroxylation sites is 1. The molecule has 110 valence electrons. The van der Waals surface area contributed by atoms with Crippen molar-refractivity contribution in [3.63, 3.8) is 0 Å². The molecule has 1 fully saturated rings. The number of halogens is 3. The molecule has 0 aromatic heterocycles. The molecule has 0 radical (unpaired) electrons. The summed E-state index contributed by atoms with van der Waals surface area (Å²) in [5, 5.41) is 2.59. The summed E-state index contributed by atoms with van der Waals surface area (Å²) in [7, 11) is 0. The third kappa shape index (κ3) is 3.85. The van der Waals surface area contributed by atoms with Crippen molar-refractivity contribution in [1.29, 1.82) is 0 Å². The highest BCUT2D eigenvalue weighted by molar-refractivity contribution is 7.80. The van der Waals surface area contributed by atoms with Crippen molar-refractivity contribution in [2.75, 3.05) is 4.90 Å². The molecule has 2 nitrogen and oxygen atoms in total. The van der Waals surface area contributed by atoms with E-state index in [0.29, 0.717) is 0 Å². The van der Waals surface area contributed by atoms with E-state index in [1.807, 2.05) is 0 Å². The van der Waals surface area contributed by atoms with Gasteiger partial charge in [0.1, 0.15) is 0 Å². The molecule has 0 saturated heterocycles. The molecule has 0 heterocycles. The van der Waals surface area contributed by atoms with Crippen molar-refractivity contribution in [2.24, 2.45) is 0 Å². The van der Waals surface area contributed by atoms with Crippen LogP contribution in [0.4, 0.5) is 18.9 Å². The third-order valence-corrected chi connectivity index (χ3v) is 3.70. The Bertz CT molecular complexity index is 441. The fourth-order valence-electron chi connectivity index (χ4n) is 2.44. The largest absolute Gasteiger partial charge is 0.491 e. The van der Waals surface area contributed by atoms with Crippen molar-refractivity contribution in [3.8, 4) is 0 Å². The summed E-state index contributed by atoms with van der Waals surface area (Å²) in [6.07, 6.45) is 0.448. The van der Waals surface area contributed by atoms with Gasteiger partial charge in [-0.1, -0.05) is 37.5 Å². The van der Waals surface area contributed by atoms with Gasteiger partial charge >= 0.3 is 6.30 Å². The van der Waals surface area contributed by atoms with Gasteiger partial charge in [0.15, 0.2) is 5.11 Å². The van der Waals surface area contributed by atoms with Gasteiger partial charge in [-0.3, -0.25) is 0 Å². The van der Waals surface area contributed by atoms with E-state index < -0.39 is 6.30 Å². The van der Waals surface area contributed by atoms with E-state index in [-0.39, 0.29) is 21.7 Å². The average Bonchev–Trinajstić information content (AvgIpc) is 2.39. The number of benzene rings is 1. The summed E-state index contributed by atoms with van der Waals surface area (Å²) in [6, 6.07) is 7.67. The number of alkyl halides is 3. The van der Waals surface area contributed by atoms with Gasteiger partial charge in [-0.25, -0.2) is 4.90 Å². The summed E-state index contributed by atoms with van der Waals surface area (Å²) in [6.45, 7) is 0. The molecule has 0 atom stereocenters. The zero-order chi connectivity index (χ0) is 14.6. The first-order valence-corrected chi connectivity index (χ1v) is 7.12. The normalized spacial score (nSPS) is 16.8. The van der Waals surface area contributed by atoms with Crippen molar-refractivity contribution < 1.29 is 13.2 Å². The van der Waals surface area contributed by atoms with E-state index in [0.717, 1.165) is 32.1 Å². The summed E-state index contributed by atoms with van der Waals surface area (Å²) in [4.78, 5) is 0.233. The minimum absolute atomic E-state index is 0.0355. The second-order valence-corrected chi connectivity index (χ2v) is 5.31. The molecule has 1 aliphatic carbocycles. The number of hydrogen-bond donors (Lipinski definition) is 1. The third-order valence-electron chi connectivity index (χ3n) is 3.40. The molecule has 1 aliphatic rings. The zero-order valence-corrected chi connectivity index (χ0v) is 11.8. The number of anilines is 1. The van der Waals surface area contributed by atoms with Gasteiger partial charge in [0.2, 0.25) is 0 Å². The summed E-state index contributed by atoms with van der Waals surface area (Å²) in [5.41, 5.74) is 0.0355. The maximum atomic E-state index is 13.2. The summed E-state index contributed by atoms with van der Waals surface area (Å²) < 4.78 is 39.6. The molecule has 0 spiro atoms. The van der Waals surface area contributed by atoms with Gasteiger partial charge in [-0.2, -0.15) is 0 Å². The summed E-state index contributed by atoms with van der Waals surface area (Å²) in [5.74, 6) is 0. The first kappa shape index (κ1) is 15.1. The SMILES string of the molecule is FC(F)(F)N(C(=S)NC1CCCCC1)c1ccccc1. The highest BCUT2D eigenvalue weighted by Crippen LogP contribution is 2.29. The molecule has 20 heavy (non-hydrogen) atoms. The predicted octanol–water partition coefficient (Wildman–Crippen LogP) is 4.22. The van der Waals surface area contributed by atoms with Crippen LogP contribution in [0.2, 0.25) is 0 Å². The first-order valence-electron chi connectivity index (χ1n) is 6.71. The quantitative estimate of drug-likeness (QED) is 0.650. The second-order valence-electron chi connectivity index (χ2n) is 4.92. The van der Waals surface area contributed by atoms with Crippen LogP contribution in [-0.4, -0.2) is 17.5 Å². The van der Waals surface area contributed by atoms with E-state index in [1.165, 1.54) is 12.1 Å². The maximum absolute atomic E-state index is 13.2. The minimum Gasteiger partial charge on any atom is -0.359 e. The highest BCUT2D eigenvalue weighted by atomic mass is 32.1. The van der Waals surface area contributed by atoms with Crippen LogP contribution in [0.25, 0.3) is 0 Å². The Morgan fingerprint density at radius 2 is 1.70 bits per heavy atom. The summed E-state index contributed by atoms with van der Waals surface area (Å²) >= 11 is 4.98. The van der Waals surface area contributed by atoms with Gasteiger partial charge in [0.05, 0.1) is 5.69 Å². The average molecular weight is 302 g/mol. The molecule has 0 bridgehead atoms. The Hall–Kier alpha value is -1.30. The fourth-order valence-corrected chi connectivity index (χ4v) is 2.82. The fraction of sp³-hybridized carbons (Fsp3) is 0.500. The number of nitrogens with one attached hydrogen (secondary N) is 1. The molecule has 6 heteroatoms. The Morgan fingerprint density at radius 1 is 1.10 bits per heavy atom. The molecule has 0 unspecified atom stereocenters. The highest BCUT2D eigenvalue weighted by Gasteiger charge is 2.40. The number of rotatable bonds is 2. The van der Waals surface area contributed by atoms with Crippen LogP contribution < -0.4 is 10.2 Å². The molecule has 1 saturated carbocycles. The van der Waals surface area contributed by atoms with Gasteiger partial charge < -0.3 is 5.32 Å². The van der Waals surface area contributed by atoms with Crippen LogP contribution in [0.1, 0.15) is 32.1 Å². The number of hydrogen-bond acceptors (Lipinski definition) is 1. The second kappa shape index (κ2) is 6.43. The molecule has 2 rings (SSSR count). The smallest absolute Gasteiger partial charge is 0.359 e. The van der Waals surface area contributed by atoms with Crippen LogP contribution in [-0.2, 0) is 0 Å². The Morgan fingerprint density at radius 3 is 2.25 bits per heavy atom. The Balaban J connectivity index is 2.12. The lowest BCUT2D eigenvalue weighted by Gasteiger charge is -2.31. The molecule has 0 aliphatic heterocycles. The standard InChI is InChI=1S/C14H17F3N2S/c15-14(16,17)19(12-9-5-2-6-10-12)13(20)18-11-7-3-1-4-8-11/h2,5-6,9-11H,1,3-4,7-8H2,(H,18,20). The van der Waals surface area contributed by atoms with Crippen LogP contribution in [0.3, 0.4) is 0 Å². The lowest BCUT2D eigenvalue weighted by atomic mass is 9.96. The van der Waals surface area contributed by atoms with E-state index >= 15 is 0 Å². The Labute approximate surface area is 122 Å². The lowest BCUT2D eigenvalue weighted by molar-refractivity contribution is -0.118. The topological polar surface area (TPSA) is 15.3 Å². The maximum Gasteiger partial charge on any atom is 0.491 e. The monoisotopic (exact) mass is 302 g/mol. The Kier molecular flexibility index (Phi) is 4.86. The van der Waals surface area contributed by atoms with Crippen LogP contribution in [0.15, 0.2) is 30.3 Å². The van der Waals surface area contributed by atoms with Gasteiger partial charge in [0, 0.05) is 6.04 Å². The van der Waals surface area contributed by atoms with Gasteiger partial charge in [-0.15, -0.1) is 13.2 Å². The van der Waals surface area contributed by atoms with Crippen LogP contribution >= 0.6 is 12.2 Å². The predicted molar refractivity (Wildman–Crippen MR) is 77.6 cm³/mol. The number of thiocarbonyl (C=S) groups is 1. The van der Waals surface area contributed by atoms with Crippen LogP contribution in [0.5, 0.6) is 0 Å². The molecule has 1 N–H and O–H groups in total. The van der Waals surface area contributed by atoms with E-state index in [9.17, 15) is 13.2 Å². The number of nitrogens with zero attached hydrogens (tertiary/aromatic N) is 1. The van der Waals surface area contributed by atoms with E-state index in [4.69, 9.17) is 12.2 Å². The van der Waals surface area contributed by atoms with Crippen molar-refractivity contribution in [2.45, 2.75) is 44.4 Å². The van der Waals surface area contributed by atoms with Gasteiger partial charge in [0.25, 0.3) is 0 Å². The van der Waals surface area contributed by atoms with E-state index in [2.05, 4.69) is 5.32 Å². The van der Waals surface area contributed by atoms with Gasteiger partial charge in [-0.05, 0) is 37.2 Å². The molecular weight excluding hydrogens is 285 g/mol. The lowest BCUT2D eigenvalue weighted by Crippen LogP contribution is -2.51. The van der Waals surface area contributed by atoms with Crippen LogP contribution in [0, 0.1) is 0 Å². The van der Waals surface area contributed by atoms with Crippen molar-refractivity contribution in [1.82, 2.24) is 5.32 Å². The molecule has 1 aromatic rings.